The second-order valence-electron chi connectivity index (χ2n) is 2.99. The fourth-order valence-electron chi connectivity index (χ4n) is 1.02. The molecule has 0 radical (unpaired) electrons. The molecule has 1 rings (SSSR count). The Morgan fingerprint density at radius 3 is 2.93 bits per heavy atom. The smallest absolute Gasteiger partial charge is 0.305 e. The van der Waals surface area contributed by atoms with Crippen LogP contribution in [0.2, 0.25) is 0 Å². The number of hydrogen-bond acceptors (Lipinski definition) is 4. The van der Waals surface area contributed by atoms with Crippen LogP contribution >= 0.6 is 0 Å². The molecule has 0 amide bonds. The third kappa shape index (κ3) is 3.77. The molecule has 4 nitrogen and oxygen atoms in total. The average molecular weight is 204 g/mol. The van der Waals surface area contributed by atoms with Gasteiger partial charge in [0.2, 0.25) is 0 Å². The summed E-state index contributed by atoms with van der Waals surface area (Å²) in [4.78, 5) is 14.7. The molecule has 78 valence electrons. The Bertz CT molecular complexity index is 365. The molecule has 0 bridgehead atoms. The van der Waals surface area contributed by atoms with Gasteiger partial charge in [0.25, 0.3) is 0 Å². The van der Waals surface area contributed by atoms with E-state index in [1.54, 1.807) is 19.2 Å². The Morgan fingerprint density at radius 1 is 1.60 bits per heavy atom. The van der Waals surface area contributed by atoms with Crippen LogP contribution in [-0.2, 0) is 16.0 Å². The number of aromatic nitrogens is 1. The molecule has 0 fully saturated rings. The van der Waals surface area contributed by atoms with E-state index in [0.717, 1.165) is 5.56 Å². The van der Waals surface area contributed by atoms with Crippen LogP contribution in [0.4, 0.5) is 0 Å². The molecule has 0 spiro atoms. The molecular weight excluding hydrogens is 192 g/mol. The molecule has 0 N–H and O–H groups in total. The third-order valence-corrected chi connectivity index (χ3v) is 1.88. The fraction of sp³-hybridized carbons (Fsp3) is 0.364. The number of nitrogens with zero attached hydrogens (tertiary/aromatic N) is 2. The molecule has 0 aromatic carbocycles. The molecule has 0 aliphatic heterocycles. The number of carbonyl (C=O) groups is 1. The van der Waals surface area contributed by atoms with Crippen molar-refractivity contribution in [2.75, 3.05) is 6.61 Å². The Morgan fingerprint density at radius 2 is 2.40 bits per heavy atom. The number of carbonyl (C=O) groups excluding carboxylic acids is 1. The Balaban J connectivity index is 2.38. The van der Waals surface area contributed by atoms with Crippen LogP contribution in [0.5, 0.6) is 0 Å². The van der Waals surface area contributed by atoms with Gasteiger partial charge in [-0.25, -0.2) is 4.98 Å². The van der Waals surface area contributed by atoms with Gasteiger partial charge in [-0.05, 0) is 11.6 Å². The maximum absolute atomic E-state index is 10.8. The molecular formula is C11H12N2O2. The van der Waals surface area contributed by atoms with Gasteiger partial charge in [0, 0.05) is 19.0 Å². The lowest BCUT2D eigenvalue weighted by Crippen LogP contribution is -2.06. The van der Waals surface area contributed by atoms with E-state index in [0.29, 0.717) is 25.1 Å². The molecule has 0 atom stereocenters. The first-order valence-corrected chi connectivity index (χ1v) is 4.77. The van der Waals surface area contributed by atoms with Crippen LogP contribution in [0, 0.1) is 11.3 Å². The number of rotatable bonds is 4. The summed E-state index contributed by atoms with van der Waals surface area (Å²) < 4.78 is 4.92. The van der Waals surface area contributed by atoms with Crippen molar-refractivity contribution >= 4 is 5.97 Å². The van der Waals surface area contributed by atoms with Crippen LogP contribution < -0.4 is 0 Å². The van der Waals surface area contributed by atoms with E-state index in [-0.39, 0.29) is 5.97 Å². The lowest BCUT2D eigenvalue weighted by atomic mass is 10.2. The summed E-state index contributed by atoms with van der Waals surface area (Å²) in [6, 6.07) is 5.40. The predicted octanol–water partition coefficient (Wildman–Crippen LogP) is 1.45. The van der Waals surface area contributed by atoms with Crippen LogP contribution in [0.15, 0.2) is 18.3 Å². The monoisotopic (exact) mass is 204 g/mol. The molecule has 1 heterocycles. The largest absolute Gasteiger partial charge is 0.465 e. The van der Waals surface area contributed by atoms with Gasteiger partial charge in [-0.3, -0.25) is 4.79 Å². The van der Waals surface area contributed by atoms with Gasteiger partial charge in [0.15, 0.2) is 0 Å². The van der Waals surface area contributed by atoms with Crippen LogP contribution in [0.25, 0.3) is 0 Å². The number of nitriles is 1. The van der Waals surface area contributed by atoms with Crippen LogP contribution in [0.1, 0.15) is 24.6 Å². The number of esters is 1. The maximum atomic E-state index is 10.8. The quantitative estimate of drug-likeness (QED) is 0.696. The minimum atomic E-state index is -0.198. The van der Waals surface area contributed by atoms with E-state index in [9.17, 15) is 4.79 Å². The zero-order valence-electron chi connectivity index (χ0n) is 8.56. The molecule has 0 unspecified atom stereocenters. The molecule has 0 aliphatic carbocycles. The molecule has 4 heteroatoms. The first-order chi connectivity index (χ1) is 7.26. The molecule has 0 saturated heterocycles. The third-order valence-electron chi connectivity index (χ3n) is 1.88. The average Bonchev–Trinajstić information content (AvgIpc) is 2.29. The van der Waals surface area contributed by atoms with E-state index >= 15 is 0 Å². The summed E-state index contributed by atoms with van der Waals surface area (Å²) >= 11 is 0. The van der Waals surface area contributed by atoms with Crippen molar-refractivity contribution in [3.8, 4) is 6.07 Å². The van der Waals surface area contributed by atoms with Gasteiger partial charge in [0.1, 0.15) is 11.8 Å². The second kappa shape index (κ2) is 5.76. The van der Waals surface area contributed by atoms with E-state index < -0.39 is 0 Å². The van der Waals surface area contributed by atoms with Gasteiger partial charge >= 0.3 is 5.97 Å². The molecule has 15 heavy (non-hydrogen) atoms. The lowest BCUT2D eigenvalue weighted by molar-refractivity contribution is -0.143. The highest BCUT2D eigenvalue weighted by Gasteiger charge is 1.99. The fourth-order valence-corrected chi connectivity index (χ4v) is 1.02. The number of ether oxygens (including phenoxy) is 1. The van der Waals surface area contributed by atoms with Gasteiger partial charge in [-0.1, -0.05) is 13.0 Å². The Kier molecular flexibility index (Phi) is 4.30. The first kappa shape index (κ1) is 11.2. The van der Waals surface area contributed by atoms with Crippen LogP contribution in [0.3, 0.4) is 0 Å². The van der Waals surface area contributed by atoms with Gasteiger partial charge in [-0.2, -0.15) is 5.26 Å². The normalized spacial score (nSPS) is 9.33. The highest BCUT2D eigenvalue weighted by Crippen LogP contribution is 2.01. The van der Waals surface area contributed by atoms with E-state index in [2.05, 4.69) is 4.98 Å². The van der Waals surface area contributed by atoms with Gasteiger partial charge in [0.05, 0.1) is 6.61 Å². The van der Waals surface area contributed by atoms with Crippen molar-refractivity contribution < 1.29 is 9.53 Å². The zero-order valence-corrected chi connectivity index (χ0v) is 8.56. The van der Waals surface area contributed by atoms with Crippen molar-refractivity contribution in [2.24, 2.45) is 0 Å². The van der Waals surface area contributed by atoms with Crippen LogP contribution in [-0.4, -0.2) is 17.6 Å². The van der Waals surface area contributed by atoms with Gasteiger partial charge in [-0.15, -0.1) is 0 Å². The maximum Gasteiger partial charge on any atom is 0.305 e. The summed E-state index contributed by atoms with van der Waals surface area (Å²) in [5, 5.41) is 8.53. The lowest BCUT2D eigenvalue weighted by Gasteiger charge is -2.02. The Labute approximate surface area is 88.5 Å². The van der Waals surface area contributed by atoms with Crippen molar-refractivity contribution in [2.45, 2.75) is 19.8 Å². The molecule has 0 aliphatic rings. The summed E-state index contributed by atoms with van der Waals surface area (Å²) in [6.45, 7) is 2.12. The van der Waals surface area contributed by atoms with Gasteiger partial charge < -0.3 is 4.74 Å². The van der Waals surface area contributed by atoms with Crippen molar-refractivity contribution in [1.82, 2.24) is 4.98 Å². The standard InChI is InChI=1S/C11H12N2O2/c1-2-11(14)15-6-5-9-3-4-10(7-12)13-8-9/h3-4,8H,2,5-6H2,1H3. The molecule has 1 aromatic rings. The van der Waals surface area contributed by atoms with E-state index in [1.165, 1.54) is 0 Å². The Hall–Kier alpha value is -1.89. The zero-order chi connectivity index (χ0) is 11.1. The molecule has 0 saturated carbocycles. The number of hydrogen-bond donors (Lipinski definition) is 0. The topological polar surface area (TPSA) is 63.0 Å². The minimum Gasteiger partial charge on any atom is -0.465 e. The second-order valence-corrected chi connectivity index (χ2v) is 2.99. The predicted molar refractivity (Wildman–Crippen MR) is 53.9 cm³/mol. The van der Waals surface area contributed by atoms with E-state index in [1.807, 2.05) is 12.1 Å². The summed E-state index contributed by atoms with van der Waals surface area (Å²) in [5.74, 6) is -0.198. The SMILES string of the molecule is CCC(=O)OCCc1ccc(C#N)nc1. The summed E-state index contributed by atoms with van der Waals surface area (Å²) in [6.07, 6.45) is 2.65. The highest BCUT2D eigenvalue weighted by molar-refractivity contribution is 5.68. The number of pyridine rings is 1. The highest BCUT2D eigenvalue weighted by atomic mass is 16.5. The first-order valence-electron chi connectivity index (χ1n) is 4.77. The van der Waals surface area contributed by atoms with Crippen molar-refractivity contribution in [3.05, 3.63) is 29.6 Å². The van der Waals surface area contributed by atoms with Crippen molar-refractivity contribution in [3.63, 3.8) is 0 Å². The minimum absolute atomic E-state index is 0.198. The molecule has 1 aromatic heterocycles. The summed E-state index contributed by atoms with van der Waals surface area (Å²) in [7, 11) is 0. The summed E-state index contributed by atoms with van der Waals surface area (Å²) in [5.41, 5.74) is 1.35. The van der Waals surface area contributed by atoms with Crippen molar-refractivity contribution in [1.29, 1.82) is 5.26 Å². The van der Waals surface area contributed by atoms with E-state index in [4.69, 9.17) is 10.00 Å².